The highest BCUT2D eigenvalue weighted by molar-refractivity contribution is 5.96. The molecule has 0 saturated heterocycles. The monoisotopic (exact) mass is 426 g/mol. The third-order valence-corrected chi connectivity index (χ3v) is 7.01. The highest BCUT2D eigenvalue weighted by Crippen LogP contribution is 2.55. The molecule has 1 heterocycles. The van der Waals surface area contributed by atoms with Crippen molar-refractivity contribution >= 4 is 12.1 Å². The van der Waals surface area contributed by atoms with Crippen molar-refractivity contribution in [3.05, 3.63) is 17.8 Å². The molecule has 1 aromatic rings. The summed E-state index contributed by atoms with van der Waals surface area (Å²) in [5.74, 6) is 1.79. The molecule has 4 aliphatic rings. The maximum absolute atomic E-state index is 13.3. The Bertz CT molecular complexity index is 894. The SMILES string of the molecule is CC(C)COc1c(C(=O)N[C@H]2C3CC4CC2C[C@](O)(C4)C3)cnn1/C=C/C(C)(C)C#N. The van der Waals surface area contributed by atoms with Crippen LogP contribution in [0.2, 0.25) is 0 Å². The van der Waals surface area contributed by atoms with E-state index >= 15 is 0 Å². The lowest BCUT2D eigenvalue weighted by atomic mass is 9.52. The number of ether oxygens (including phenoxy) is 1. The van der Waals surface area contributed by atoms with Gasteiger partial charge in [-0.25, -0.2) is 4.68 Å². The van der Waals surface area contributed by atoms with E-state index in [0.717, 1.165) is 32.1 Å². The van der Waals surface area contributed by atoms with Crippen LogP contribution in [-0.2, 0) is 0 Å². The summed E-state index contributed by atoms with van der Waals surface area (Å²) < 4.78 is 7.52. The average Bonchev–Trinajstić information content (AvgIpc) is 3.09. The smallest absolute Gasteiger partial charge is 0.258 e. The molecular weight excluding hydrogens is 392 g/mol. The van der Waals surface area contributed by atoms with E-state index in [9.17, 15) is 15.2 Å². The van der Waals surface area contributed by atoms with Crippen molar-refractivity contribution < 1.29 is 14.6 Å². The number of nitrogens with zero attached hydrogens (tertiary/aromatic N) is 3. The molecule has 0 aliphatic heterocycles. The lowest BCUT2D eigenvalue weighted by Gasteiger charge is -2.58. The van der Waals surface area contributed by atoms with Crippen LogP contribution < -0.4 is 10.1 Å². The standard InChI is InChI=1S/C24H34N4O3/c1-15(2)13-31-22-19(12-26-28(22)6-5-23(3,4)14-25)21(29)27-20-17-7-16-8-18(20)11-24(30,9-16)10-17/h5-6,12,15-18,20,30H,7-11,13H2,1-4H3,(H,27,29)/b6-5+/t16?,17?,18?,20-,24-. The number of hydrogen-bond acceptors (Lipinski definition) is 5. The van der Waals surface area contributed by atoms with Crippen molar-refractivity contribution in [2.45, 2.75) is 71.4 Å². The number of nitrogens with one attached hydrogen (secondary N) is 1. The predicted molar refractivity (Wildman–Crippen MR) is 117 cm³/mol. The van der Waals surface area contributed by atoms with E-state index in [1.807, 2.05) is 27.7 Å². The molecule has 2 N–H and O–H groups in total. The van der Waals surface area contributed by atoms with Crippen molar-refractivity contribution in [2.75, 3.05) is 6.61 Å². The van der Waals surface area contributed by atoms with Gasteiger partial charge in [0.1, 0.15) is 5.56 Å². The molecule has 5 rings (SSSR count). The first kappa shape index (κ1) is 21.9. The molecule has 0 aromatic carbocycles. The third-order valence-electron chi connectivity index (χ3n) is 7.01. The molecular formula is C24H34N4O3. The Morgan fingerprint density at radius 3 is 2.68 bits per heavy atom. The summed E-state index contributed by atoms with van der Waals surface area (Å²) in [6.45, 7) is 8.19. The van der Waals surface area contributed by atoms with Crippen molar-refractivity contribution in [1.29, 1.82) is 5.26 Å². The maximum Gasteiger partial charge on any atom is 0.258 e. The Kier molecular flexibility index (Phi) is 5.63. The second kappa shape index (κ2) is 7.98. The fourth-order valence-electron chi connectivity index (χ4n) is 5.74. The van der Waals surface area contributed by atoms with Gasteiger partial charge in [-0.05, 0) is 75.7 Å². The molecule has 2 unspecified atom stereocenters. The van der Waals surface area contributed by atoms with E-state index in [2.05, 4.69) is 16.5 Å². The maximum atomic E-state index is 13.3. The lowest BCUT2D eigenvalue weighted by Crippen LogP contribution is -2.61. The summed E-state index contributed by atoms with van der Waals surface area (Å²) in [5.41, 5.74) is -0.760. The Morgan fingerprint density at radius 1 is 1.42 bits per heavy atom. The van der Waals surface area contributed by atoms with E-state index in [-0.39, 0.29) is 11.9 Å². The molecule has 7 heteroatoms. The first-order valence-corrected chi connectivity index (χ1v) is 11.4. The predicted octanol–water partition coefficient (Wildman–Crippen LogP) is 3.61. The number of hydrogen-bond donors (Lipinski definition) is 2. The largest absolute Gasteiger partial charge is 0.477 e. The van der Waals surface area contributed by atoms with Gasteiger partial charge in [0.2, 0.25) is 5.88 Å². The second-order valence-electron chi connectivity index (χ2n) is 10.9. The topological polar surface area (TPSA) is 100 Å². The van der Waals surface area contributed by atoms with Crippen LogP contribution >= 0.6 is 0 Å². The number of aliphatic hydroxyl groups is 1. The van der Waals surface area contributed by atoms with Gasteiger partial charge >= 0.3 is 0 Å². The number of aromatic nitrogens is 2. The molecule has 0 radical (unpaired) electrons. The number of rotatable bonds is 7. The van der Waals surface area contributed by atoms with Gasteiger partial charge in [-0.15, -0.1) is 0 Å². The summed E-state index contributed by atoms with van der Waals surface area (Å²) in [6.07, 6.45) is 9.65. The Hall–Kier alpha value is -2.33. The van der Waals surface area contributed by atoms with Crippen molar-refractivity contribution in [3.8, 4) is 11.9 Å². The van der Waals surface area contributed by atoms with Gasteiger partial charge in [0.05, 0.1) is 29.9 Å². The molecule has 4 saturated carbocycles. The molecule has 4 aliphatic carbocycles. The Labute approximate surface area is 184 Å². The number of carbonyl (C=O) groups is 1. The van der Waals surface area contributed by atoms with Crippen molar-refractivity contribution in [2.24, 2.45) is 29.1 Å². The van der Waals surface area contributed by atoms with Gasteiger partial charge in [0.15, 0.2) is 0 Å². The molecule has 31 heavy (non-hydrogen) atoms. The highest BCUT2D eigenvalue weighted by atomic mass is 16.5. The minimum Gasteiger partial charge on any atom is -0.477 e. The molecule has 7 nitrogen and oxygen atoms in total. The molecule has 2 atom stereocenters. The molecule has 4 fully saturated rings. The minimum absolute atomic E-state index is 0.0960. The van der Waals surface area contributed by atoms with Gasteiger partial charge in [0.25, 0.3) is 5.91 Å². The molecule has 168 valence electrons. The van der Waals surface area contributed by atoms with Crippen LogP contribution in [0, 0.1) is 40.4 Å². The van der Waals surface area contributed by atoms with E-state index in [1.54, 1.807) is 18.5 Å². The molecule has 1 amide bonds. The van der Waals surface area contributed by atoms with Crippen molar-refractivity contribution in [3.63, 3.8) is 0 Å². The summed E-state index contributed by atoms with van der Waals surface area (Å²) >= 11 is 0. The third kappa shape index (κ3) is 4.50. The summed E-state index contributed by atoms with van der Waals surface area (Å²) in [7, 11) is 0. The van der Waals surface area contributed by atoms with Crippen LogP contribution in [0.3, 0.4) is 0 Å². The fourth-order valence-corrected chi connectivity index (χ4v) is 5.74. The summed E-state index contributed by atoms with van der Waals surface area (Å²) in [4.78, 5) is 13.3. The van der Waals surface area contributed by atoms with Gasteiger partial charge in [0, 0.05) is 12.2 Å². The molecule has 4 bridgehead atoms. The quantitative estimate of drug-likeness (QED) is 0.694. The van der Waals surface area contributed by atoms with Gasteiger partial charge in [-0.1, -0.05) is 13.8 Å². The van der Waals surface area contributed by atoms with Crippen LogP contribution in [0.15, 0.2) is 12.3 Å². The number of nitriles is 1. The Morgan fingerprint density at radius 2 is 2.10 bits per heavy atom. The zero-order valence-corrected chi connectivity index (χ0v) is 19.0. The van der Waals surface area contributed by atoms with Gasteiger partial charge in [-0.3, -0.25) is 4.79 Å². The normalized spacial score (nSPS) is 31.9. The van der Waals surface area contributed by atoms with Crippen molar-refractivity contribution in [1.82, 2.24) is 15.1 Å². The Balaban J connectivity index is 1.54. The van der Waals surface area contributed by atoms with Crippen LogP contribution in [-0.4, -0.2) is 39.0 Å². The van der Waals surface area contributed by atoms with E-state index in [1.165, 1.54) is 4.68 Å². The van der Waals surface area contributed by atoms with E-state index < -0.39 is 11.0 Å². The lowest BCUT2D eigenvalue weighted by molar-refractivity contribution is -0.136. The summed E-state index contributed by atoms with van der Waals surface area (Å²) in [5, 5.41) is 27.7. The first-order chi connectivity index (χ1) is 14.6. The fraction of sp³-hybridized carbons (Fsp3) is 0.708. The molecule has 1 aromatic heterocycles. The van der Waals surface area contributed by atoms with Crippen LogP contribution in [0.4, 0.5) is 0 Å². The van der Waals surface area contributed by atoms with Gasteiger partial charge < -0.3 is 15.2 Å². The minimum atomic E-state index is -0.648. The second-order valence-corrected chi connectivity index (χ2v) is 10.9. The van der Waals surface area contributed by atoms with E-state index in [4.69, 9.17) is 4.74 Å². The van der Waals surface area contributed by atoms with Crippen LogP contribution in [0.5, 0.6) is 5.88 Å². The van der Waals surface area contributed by atoms with E-state index in [0.29, 0.717) is 41.7 Å². The number of allylic oxidation sites excluding steroid dienone is 1. The zero-order chi connectivity index (χ0) is 22.4. The average molecular weight is 427 g/mol. The number of carbonyl (C=O) groups excluding carboxylic acids is 1. The summed E-state index contributed by atoms with van der Waals surface area (Å²) in [6, 6.07) is 2.33. The van der Waals surface area contributed by atoms with Gasteiger partial charge in [-0.2, -0.15) is 10.4 Å². The highest BCUT2D eigenvalue weighted by Gasteiger charge is 2.55. The molecule has 0 spiro atoms. The first-order valence-electron chi connectivity index (χ1n) is 11.4. The van der Waals surface area contributed by atoms with Crippen LogP contribution in [0.1, 0.15) is 70.2 Å². The zero-order valence-electron chi connectivity index (χ0n) is 19.0. The number of amides is 1. The van der Waals surface area contributed by atoms with Crippen LogP contribution in [0.25, 0.3) is 6.20 Å².